The third kappa shape index (κ3) is 17.0. The van der Waals surface area contributed by atoms with Gasteiger partial charge in [-0.05, 0) is 26.3 Å². The number of ether oxygens (including phenoxy) is 1. The summed E-state index contributed by atoms with van der Waals surface area (Å²) >= 11 is 0. The summed E-state index contributed by atoms with van der Waals surface area (Å²) in [5.41, 5.74) is 0.176. The minimum atomic E-state index is -0.935. The third-order valence-corrected chi connectivity index (χ3v) is 3.15. The Morgan fingerprint density at radius 3 is 2.39 bits per heavy atom. The van der Waals surface area contributed by atoms with Crippen LogP contribution in [0.25, 0.3) is 0 Å². The van der Waals surface area contributed by atoms with Crippen molar-refractivity contribution in [2.24, 2.45) is 0 Å². The lowest BCUT2D eigenvalue weighted by Crippen LogP contribution is -2.04. The Morgan fingerprint density at radius 1 is 1.44 bits per heavy atom. The van der Waals surface area contributed by atoms with E-state index in [1.807, 2.05) is 6.92 Å². The van der Waals surface area contributed by atoms with E-state index >= 15 is 0 Å². The molecule has 0 aromatic heterocycles. The van der Waals surface area contributed by atoms with E-state index in [1.54, 1.807) is 0 Å². The van der Waals surface area contributed by atoms with E-state index in [4.69, 9.17) is 14.3 Å². The molecule has 0 unspecified atom stereocenters. The van der Waals surface area contributed by atoms with Crippen molar-refractivity contribution in [3.8, 4) is 0 Å². The van der Waals surface area contributed by atoms with Crippen molar-refractivity contribution in [3.63, 3.8) is 0 Å². The van der Waals surface area contributed by atoms with Gasteiger partial charge in [0.05, 0.1) is 6.61 Å². The van der Waals surface area contributed by atoms with Crippen LogP contribution in [0.5, 0.6) is 0 Å². The van der Waals surface area contributed by atoms with Gasteiger partial charge in [0, 0.05) is 18.3 Å². The molecule has 0 aliphatic heterocycles. The van der Waals surface area contributed by atoms with Crippen LogP contribution < -0.4 is 0 Å². The summed E-state index contributed by atoms with van der Waals surface area (Å²) in [5.74, 6) is -1.27. The molecule has 0 fully saturated rings. The van der Waals surface area contributed by atoms with Crippen molar-refractivity contribution in [2.75, 3.05) is 13.2 Å². The average Bonchev–Trinajstić information content (AvgIpc) is 2.33. The van der Waals surface area contributed by atoms with Gasteiger partial charge in [0.25, 0.3) is 0 Å². The van der Waals surface area contributed by atoms with E-state index in [-0.39, 0.29) is 21.3 Å². The predicted octanol–water partition coefficient (Wildman–Crippen LogP) is 1.29. The van der Waals surface area contributed by atoms with Gasteiger partial charge in [0.2, 0.25) is 0 Å². The van der Waals surface area contributed by atoms with Gasteiger partial charge in [-0.15, -0.1) is 0 Å². The second kappa shape index (κ2) is 13.7. The lowest BCUT2D eigenvalue weighted by Gasteiger charge is -2.01. The molecule has 0 bridgehead atoms. The Kier molecular flexibility index (Phi) is 14.4. The fourth-order valence-corrected chi connectivity index (χ4v) is 1.58. The van der Waals surface area contributed by atoms with Crippen LogP contribution in [-0.4, -0.2) is 40.0 Å². The first-order chi connectivity index (χ1) is 8.45. The van der Waals surface area contributed by atoms with E-state index in [0.29, 0.717) is 6.61 Å². The molecule has 0 spiro atoms. The molecule has 6 heteroatoms. The molecular formula is C12H22O5Si. The van der Waals surface area contributed by atoms with Gasteiger partial charge in [-0.25, -0.2) is 9.59 Å². The zero-order chi connectivity index (χ0) is 14.4. The van der Waals surface area contributed by atoms with E-state index in [9.17, 15) is 9.59 Å². The van der Waals surface area contributed by atoms with Gasteiger partial charge >= 0.3 is 11.9 Å². The van der Waals surface area contributed by atoms with Crippen LogP contribution in [0.3, 0.4) is 0 Å². The molecule has 0 saturated heterocycles. The SMILES string of the molecule is C=C(C)C(=O)O.C=CC(=O)OCCC[SiH2]OCC. The Morgan fingerprint density at radius 2 is 2.00 bits per heavy atom. The number of hydrogen-bond acceptors (Lipinski definition) is 4. The number of carbonyl (C=O) groups is 2. The Hall–Kier alpha value is -1.40. The van der Waals surface area contributed by atoms with E-state index in [1.165, 1.54) is 13.0 Å². The fourth-order valence-electron chi connectivity index (χ4n) is 0.682. The summed E-state index contributed by atoms with van der Waals surface area (Å²) in [7, 11) is -0.357. The van der Waals surface area contributed by atoms with Crippen LogP contribution >= 0.6 is 0 Å². The summed E-state index contributed by atoms with van der Waals surface area (Å²) in [5, 5.41) is 7.89. The summed E-state index contributed by atoms with van der Waals surface area (Å²) in [6.45, 7) is 11.2. The van der Waals surface area contributed by atoms with Crippen molar-refractivity contribution in [1.29, 1.82) is 0 Å². The molecule has 0 saturated carbocycles. The zero-order valence-electron chi connectivity index (χ0n) is 11.1. The Balaban J connectivity index is 0. The van der Waals surface area contributed by atoms with Gasteiger partial charge in [0.1, 0.15) is 0 Å². The van der Waals surface area contributed by atoms with Crippen molar-refractivity contribution in [2.45, 2.75) is 26.3 Å². The molecule has 5 nitrogen and oxygen atoms in total. The molecular weight excluding hydrogens is 252 g/mol. The Bertz CT molecular complexity index is 264. The molecule has 0 heterocycles. The van der Waals surface area contributed by atoms with Crippen molar-refractivity contribution in [3.05, 3.63) is 24.8 Å². The predicted molar refractivity (Wildman–Crippen MR) is 73.2 cm³/mol. The minimum Gasteiger partial charge on any atom is -0.478 e. The molecule has 0 atom stereocenters. The normalized spacial score (nSPS) is 9.44. The Labute approximate surface area is 110 Å². The highest BCUT2D eigenvalue weighted by atomic mass is 28.2. The van der Waals surface area contributed by atoms with E-state index in [2.05, 4.69) is 13.2 Å². The first-order valence-corrected chi connectivity index (χ1v) is 7.29. The molecule has 1 N–H and O–H groups in total. The average molecular weight is 274 g/mol. The maximum absolute atomic E-state index is 10.5. The molecule has 0 radical (unpaired) electrons. The molecule has 0 aliphatic carbocycles. The zero-order valence-corrected chi connectivity index (χ0v) is 12.5. The smallest absolute Gasteiger partial charge is 0.330 e. The van der Waals surface area contributed by atoms with Crippen molar-refractivity contribution >= 4 is 21.7 Å². The number of carboxylic acid groups (broad SMARTS) is 1. The van der Waals surface area contributed by atoms with Crippen LogP contribution in [0, 0.1) is 0 Å². The summed E-state index contributed by atoms with van der Waals surface area (Å²) in [6, 6.07) is 1.07. The molecule has 104 valence electrons. The van der Waals surface area contributed by atoms with E-state index < -0.39 is 5.97 Å². The molecule has 0 aromatic rings. The monoisotopic (exact) mass is 274 g/mol. The largest absolute Gasteiger partial charge is 0.478 e. The van der Waals surface area contributed by atoms with Gasteiger partial charge < -0.3 is 14.3 Å². The highest BCUT2D eigenvalue weighted by Gasteiger charge is 1.94. The van der Waals surface area contributed by atoms with Gasteiger partial charge in [-0.3, -0.25) is 0 Å². The highest BCUT2D eigenvalue weighted by molar-refractivity contribution is 6.26. The minimum absolute atomic E-state index is 0.176. The molecule has 0 aliphatic rings. The van der Waals surface area contributed by atoms with Gasteiger partial charge in [-0.2, -0.15) is 0 Å². The van der Waals surface area contributed by atoms with Crippen LogP contribution in [-0.2, 0) is 18.8 Å². The maximum Gasteiger partial charge on any atom is 0.330 e. The highest BCUT2D eigenvalue weighted by Crippen LogP contribution is 1.91. The first-order valence-electron chi connectivity index (χ1n) is 5.71. The number of carboxylic acids is 1. The van der Waals surface area contributed by atoms with Crippen molar-refractivity contribution in [1.82, 2.24) is 0 Å². The topological polar surface area (TPSA) is 72.8 Å². The van der Waals surface area contributed by atoms with Gasteiger partial charge in [-0.1, -0.05) is 13.2 Å². The number of carbonyl (C=O) groups excluding carboxylic acids is 1. The van der Waals surface area contributed by atoms with Crippen LogP contribution in [0.15, 0.2) is 24.8 Å². The van der Waals surface area contributed by atoms with Crippen LogP contribution in [0.4, 0.5) is 0 Å². The van der Waals surface area contributed by atoms with E-state index in [0.717, 1.165) is 19.1 Å². The second-order valence-corrected chi connectivity index (χ2v) is 4.88. The molecule has 0 aromatic carbocycles. The maximum atomic E-state index is 10.5. The quantitative estimate of drug-likeness (QED) is 0.312. The number of aliphatic carboxylic acids is 1. The first kappa shape index (κ1) is 18.9. The fraction of sp³-hybridized carbons (Fsp3) is 0.500. The van der Waals surface area contributed by atoms with Crippen LogP contribution in [0.2, 0.25) is 6.04 Å². The van der Waals surface area contributed by atoms with Gasteiger partial charge in [0.15, 0.2) is 9.76 Å². The lowest BCUT2D eigenvalue weighted by molar-refractivity contribution is -0.137. The standard InChI is InChI=1S/C8H16O3Si.C4H6O2/c1-3-8(9)10-6-5-7-12-11-4-2;1-3(2)4(5)6/h3H,1,4-7,12H2,2H3;1H2,2H3,(H,5,6). The van der Waals surface area contributed by atoms with Crippen LogP contribution in [0.1, 0.15) is 20.3 Å². The van der Waals surface area contributed by atoms with Crippen molar-refractivity contribution < 1.29 is 23.9 Å². The third-order valence-electron chi connectivity index (χ3n) is 1.66. The molecule has 0 amide bonds. The molecule has 0 rings (SSSR count). The number of rotatable bonds is 8. The number of hydrogen-bond donors (Lipinski definition) is 1. The summed E-state index contributed by atoms with van der Waals surface area (Å²) in [4.78, 5) is 20.1. The molecule has 18 heavy (non-hydrogen) atoms. The summed E-state index contributed by atoms with van der Waals surface area (Å²) < 4.78 is 10.0. The number of esters is 1. The second-order valence-electron chi connectivity index (χ2n) is 3.36. The lowest BCUT2D eigenvalue weighted by atomic mass is 10.4. The summed E-state index contributed by atoms with van der Waals surface area (Å²) in [6.07, 6.45) is 2.09.